The smallest absolute Gasteiger partial charge is 0.0691 e. The Bertz CT molecular complexity index is 769. The largest absolute Gasteiger partial charge is 0.375 e. The molecule has 1 nitrogen and oxygen atoms in total. The van der Waals surface area contributed by atoms with E-state index in [1.165, 1.54) is 80.9 Å². The first-order valence-corrected chi connectivity index (χ1v) is 11.4. The molecule has 2 fully saturated rings. The van der Waals surface area contributed by atoms with E-state index < -0.39 is 0 Å². The van der Waals surface area contributed by atoms with Gasteiger partial charge in [0.1, 0.15) is 0 Å². The fourth-order valence-electron chi connectivity index (χ4n) is 5.73. The lowest BCUT2D eigenvalue weighted by molar-refractivity contribution is -0.104. The van der Waals surface area contributed by atoms with Gasteiger partial charge in [0.05, 0.1) is 5.60 Å². The number of aryl methyl sites for hydroxylation is 3. The second-order valence-corrected chi connectivity index (χ2v) is 9.51. The summed E-state index contributed by atoms with van der Waals surface area (Å²) in [5.74, 6) is 0. The van der Waals surface area contributed by atoms with Gasteiger partial charge in [0.15, 0.2) is 0 Å². The van der Waals surface area contributed by atoms with Gasteiger partial charge in [-0.3, -0.25) is 0 Å². The number of ether oxygens (including phenoxy) is 1. The van der Waals surface area contributed by atoms with Gasteiger partial charge in [0.2, 0.25) is 0 Å². The molecule has 2 aromatic rings. The molecule has 4 rings (SSSR count). The van der Waals surface area contributed by atoms with Gasteiger partial charge in [-0.2, -0.15) is 0 Å². The average Bonchev–Trinajstić information content (AvgIpc) is 3.13. The van der Waals surface area contributed by atoms with Crippen LogP contribution in [0.4, 0.5) is 0 Å². The zero-order valence-corrected chi connectivity index (χ0v) is 17.8. The van der Waals surface area contributed by atoms with E-state index in [1.54, 1.807) is 5.56 Å². The van der Waals surface area contributed by atoms with Gasteiger partial charge in [0.25, 0.3) is 0 Å². The van der Waals surface area contributed by atoms with Crippen molar-refractivity contribution in [2.45, 2.75) is 89.1 Å². The van der Waals surface area contributed by atoms with Gasteiger partial charge in [0, 0.05) is 12.0 Å². The summed E-state index contributed by atoms with van der Waals surface area (Å²) in [5.41, 5.74) is 6.26. The van der Waals surface area contributed by atoms with E-state index in [4.69, 9.17) is 4.74 Å². The maximum atomic E-state index is 6.42. The molecule has 0 N–H and O–H groups in total. The van der Waals surface area contributed by atoms with Crippen molar-refractivity contribution < 1.29 is 4.74 Å². The third-order valence-electron chi connectivity index (χ3n) is 7.28. The Balaban J connectivity index is 1.47. The van der Waals surface area contributed by atoms with Gasteiger partial charge >= 0.3 is 0 Å². The summed E-state index contributed by atoms with van der Waals surface area (Å²) >= 11 is 0. The molecule has 1 heteroatoms. The molecule has 2 aliphatic rings. The summed E-state index contributed by atoms with van der Waals surface area (Å²) < 4.78 is 6.42. The Labute approximate surface area is 171 Å². The molecule has 28 heavy (non-hydrogen) atoms. The maximum absolute atomic E-state index is 6.42. The third-order valence-corrected chi connectivity index (χ3v) is 7.28. The molecule has 1 saturated heterocycles. The van der Waals surface area contributed by atoms with Crippen LogP contribution in [0.5, 0.6) is 0 Å². The number of benzene rings is 2. The zero-order chi connectivity index (χ0) is 19.5. The van der Waals surface area contributed by atoms with Crippen molar-refractivity contribution in [2.24, 2.45) is 0 Å². The Morgan fingerprint density at radius 1 is 0.857 bits per heavy atom. The molecule has 0 unspecified atom stereocenters. The van der Waals surface area contributed by atoms with Crippen molar-refractivity contribution in [2.75, 3.05) is 6.61 Å². The zero-order valence-electron chi connectivity index (χ0n) is 17.8. The Morgan fingerprint density at radius 2 is 1.64 bits per heavy atom. The lowest BCUT2D eigenvalue weighted by Gasteiger charge is -2.47. The molecule has 0 radical (unpaired) electrons. The van der Waals surface area contributed by atoms with E-state index in [0.29, 0.717) is 5.41 Å². The Morgan fingerprint density at radius 3 is 2.39 bits per heavy atom. The molecule has 0 bridgehead atoms. The minimum absolute atomic E-state index is 0.166. The summed E-state index contributed by atoms with van der Waals surface area (Å²) in [6, 6.07) is 18.4. The molecule has 1 spiro atoms. The highest BCUT2D eigenvalue weighted by molar-refractivity contribution is 5.30. The van der Waals surface area contributed by atoms with Crippen LogP contribution in [-0.2, 0) is 16.6 Å². The topological polar surface area (TPSA) is 9.23 Å². The van der Waals surface area contributed by atoms with Crippen molar-refractivity contribution in [1.82, 2.24) is 0 Å². The molecule has 1 aliphatic carbocycles. The fraction of sp³-hybridized carbons (Fsp3) is 0.556. The van der Waals surface area contributed by atoms with E-state index in [1.807, 2.05) is 0 Å². The normalized spacial score (nSPS) is 23.9. The van der Waals surface area contributed by atoms with Crippen LogP contribution in [-0.4, -0.2) is 12.2 Å². The van der Waals surface area contributed by atoms with Crippen LogP contribution in [0.3, 0.4) is 0 Å². The number of unbranched alkanes of at least 4 members (excludes halogenated alkanes) is 1. The van der Waals surface area contributed by atoms with Crippen LogP contribution in [0.2, 0.25) is 0 Å². The SMILES string of the molecule is Cc1ccc([C@]2(CCCCc3cccc(C)c3)CCOC3(CCCC3)C2)cc1. The maximum Gasteiger partial charge on any atom is 0.0691 e. The van der Waals surface area contributed by atoms with E-state index in [2.05, 4.69) is 62.4 Å². The summed E-state index contributed by atoms with van der Waals surface area (Å²) in [7, 11) is 0. The first kappa shape index (κ1) is 19.7. The van der Waals surface area contributed by atoms with E-state index in [0.717, 1.165) is 6.61 Å². The molecule has 150 valence electrons. The molecule has 1 aliphatic heterocycles. The summed E-state index contributed by atoms with van der Waals surface area (Å²) in [6.07, 6.45) is 12.7. The predicted octanol–water partition coefficient (Wildman–Crippen LogP) is 7.08. The minimum Gasteiger partial charge on any atom is -0.375 e. The fourth-order valence-corrected chi connectivity index (χ4v) is 5.73. The van der Waals surface area contributed by atoms with E-state index in [9.17, 15) is 0 Å². The highest BCUT2D eigenvalue weighted by Crippen LogP contribution is 2.50. The van der Waals surface area contributed by atoms with Crippen LogP contribution < -0.4 is 0 Å². The highest BCUT2D eigenvalue weighted by Gasteiger charge is 2.47. The summed E-state index contributed by atoms with van der Waals surface area (Å²) in [6.45, 7) is 5.32. The van der Waals surface area contributed by atoms with Gasteiger partial charge in [-0.15, -0.1) is 0 Å². The van der Waals surface area contributed by atoms with Crippen molar-refractivity contribution >= 4 is 0 Å². The van der Waals surface area contributed by atoms with E-state index in [-0.39, 0.29) is 5.60 Å². The summed E-state index contributed by atoms with van der Waals surface area (Å²) in [5, 5.41) is 0. The molecule has 1 saturated carbocycles. The summed E-state index contributed by atoms with van der Waals surface area (Å²) in [4.78, 5) is 0. The van der Waals surface area contributed by atoms with Crippen LogP contribution in [0.1, 0.15) is 80.0 Å². The van der Waals surface area contributed by atoms with E-state index >= 15 is 0 Å². The number of hydrogen-bond donors (Lipinski definition) is 0. The van der Waals surface area contributed by atoms with Crippen LogP contribution in [0, 0.1) is 13.8 Å². The van der Waals surface area contributed by atoms with Crippen molar-refractivity contribution in [3.63, 3.8) is 0 Å². The second-order valence-electron chi connectivity index (χ2n) is 9.51. The van der Waals surface area contributed by atoms with Gasteiger partial charge in [-0.1, -0.05) is 78.9 Å². The first-order valence-electron chi connectivity index (χ1n) is 11.4. The van der Waals surface area contributed by atoms with Crippen LogP contribution >= 0.6 is 0 Å². The van der Waals surface area contributed by atoms with Gasteiger partial charge in [-0.05, 0) is 69.9 Å². The lowest BCUT2D eigenvalue weighted by atomic mass is 9.65. The minimum atomic E-state index is 0.166. The number of rotatable bonds is 6. The molecule has 1 heterocycles. The highest BCUT2D eigenvalue weighted by atomic mass is 16.5. The van der Waals surface area contributed by atoms with Crippen molar-refractivity contribution in [3.05, 3.63) is 70.8 Å². The second kappa shape index (κ2) is 8.41. The quantitative estimate of drug-likeness (QED) is 0.490. The van der Waals surface area contributed by atoms with Crippen LogP contribution in [0.15, 0.2) is 48.5 Å². The third kappa shape index (κ3) is 4.35. The van der Waals surface area contributed by atoms with Gasteiger partial charge in [-0.25, -0.2) is 0 Å². The lowest BCUT2D eigenvalue weighted by Crippen LogP contribution is -2.46. The van der Waals surface area contributed by atoms with Crippen molar-refractivity contribution in [3.8, 4) is 0 Å². The molecule has 2 aromatic carbocycles. The molecular formula is C27H36O. The van der Waals surface area contributed by atoms with Crippen LogP contribution in [0.25, 0.3) is 0 Å². The number of hydrogen-bond acceptors (Lipinski definition) is 1. The Kier molecular flexibility index (Phi) is 5.92. The first-order chi connectivity index (χ1) is 13.6. The molecular weight excluding hydrogens is 340 g/mol. The standard InChI is InChI=1S/C27H36O/c1-22-11-13-25(14-12-22)26(18-19-28-27(21-26)16-5-6-17-27)15-4-3-9-24-10-7-8-23(2)20-24/h7-8,10-14,20H,3-6,9,15-19,21H2,1-2H3/t26-/m1/s1. The molecule has 0 amide bonds. The Hall–Kier alpha value is -1.60. The predicted molar refractivity (Wildman–Crippen MR) is 118 cm³/mol. The average molecular weight is 377 g/mol. The molecule has 0 aromatic heterocycles. The monoisotopic (exact) mass is 376 g/mol. The molecule has 1 atom stereocenters. The van der Waals surface area contributed by atoms with Gasteiger partial charge < -0.3 is 4.74 Å². The van der Waals surface area contributed by atoms with Crippen molar-refractivity contribution in [1.29, 1.82) is 0 Å².